The van der Waals surface area contributed by atoms with E-state index in [1.165, 1.54) is 29.5 Å². The molecule has 0 saturated carbocycles. The molecule has 0 radical (unpaired) electrons. The van der Waals surface area contributed by atoms with Crippen molar-refractivity contribution in [3.8, 4) is 0 Å². The highest BCUT2D eigenvalue weighted by atomic mass is 16.2. The van der Waals surface area contributed by atoms with E-state index >= 15 is 0 Å². The summed E-state index contributed by atoms with van der Waals surface area (Å²) in [4.78, 5) is 14.3. The maximum atomic E-state index is 11.8. The van der Waals surface area contributed by atoms with Crippen LogP contribution in [0.25, 0.3) is 0 Å². The number of aryl methyl sites for hydroxylation is 1. The van der Waals surface area contributed by atoms with Gasteiger partial charge in [0.05, 0.1) is 6.04 Å². The molecular formula is C18H27N3O. The molecular weight excluding hydrogens is 274 g/mol. The van der Waals surface area contributed by atoms with Crippen molar-refractivity contribution in [2.24, 2.45) is 0 Å². The predicted molar refractivity (Wildman–Crippen MR) is 89.2 cm³/mol. The van der Waals surface area contributed by atoms with E-state index in [2.05, 4.69) is 47.6 Å². The summed E-state index contributed by atoms with van der Waals surface area (Å²) in [5.41, 5.74) is 4.31. The van der Waals surface area contributed by atoms with Crippen molar-refractivity contribution in [3.63, 3.8) is 0 Å². The molecule has 1 spiro atoms. The van der Waals surface area contributed by atoms with Gasteiger partial charge in [-0.25, -0.2) is 4.79 Å². The summed E-state index contributed by atoms with van der Waals surface area (Å²) in [6, 6.07) is 6.84. The van der Waals surface area contributed by atoms with Gasteiger partial charge >= 0.3 is 6.03 Å². The van der Waals surface area contributed by atoms with Crippen molar-refractivity contribution in [1.82, 2.24) is 15.5 Å². The minimum Gasteiger partial charge on any atom is -0.341 e. The third kappa shape index (κ3) is 2.60. The number of nitrogens with zero attached hydrogens (tertiary/aromatic N) is 1. The van der Waals surface area contributed by atoms with Crippen molar-refractivity contribution in [2.75, 3.05) is 26.7 Å². The van der Waals surface area contributed by atoms with Gasteiger partial charge in [-0.05, 0) is 56.9 Å². The smallest absolute Gasteiger partial charge is 0.315 e. The molecule has 2 aliphatic rings. The number of amides is 2. The Morgan fingerprint density at radius 2 is 2.09 bits per heavy atom. The van der Waals surface area contributed by atoms with Gasteiger partial charge in [0, 0.05) is 12.5 Å². The van der Waals surface area contributed by atoms with Crippen LogP contribution >= 0.6 is 0 Å². The van der Waals surface area contributed by atoms with E-state index in [9.17, 15) is 4.79 Å². The molecule has 4 nitrogen and oxygen atoms in total. The van der Waals surface area contributed by atoms with Crippen molar-refractivity contribution >= 4 is 6.03 Å². The quantitative estimate of drug-likeness (QED) is 0.882. The Bertz CT molecular complexity index is 561. The Kier molecular flexibility index (Phi) is 4.13. The number of urea groups is 1. The van der Waals surface area contributed by atoms with E-state index in [0.717, 1.165) is 26.1 Å². The zero-order chi connectivity index (χ0) is 15.7. The first-order valence-electron chi connectivity index (χ1n) is 8.39. The van der Waals surface area contributed by atoms with Gasteiger partial charge in [-0.3, -0.25) is 0 Å². The molecule has 120 valence electrons. The molecule has 1 fully saturated rings. The van der Waals surface area contributed by atoms with Gasteiger partial charge in [0.2, 0.25) is 0 Å². The van der Waals surface area contributed by atoms with Gasteiger partial charge in [-0.15, -0.1) is 0 Å². The van der Waals surface area contributed by atoms with Crippen LogP contribution < -0.4 is 10.6 Å². The number of likely N-dealkylation sites (tertiary alicyclic amines) is 1. The Hall–Kier alpha value is -1.55. The van der Waals surface area contributed by atoms with Crippen LogP contribution in [0.4, 0.5) is 4.79 Å². The molecule has 2 amide bonds. The maximum Gasteiger partial charge on any atom is 0.315 e. The van der Waals surface area contributed by atoms with E-state index in [1.807, 2.05) is 0 Å². The lowest BCUT2D eigenvalue weighted by Gasteiger charge is -2.40. The third-order valence-electron chi connectivity index (χ3n) is 5.54. The number of fused-ring (bicyclic) bond motifs is 2. The summed E-state index contributed by atoms with van der Waals surface area (Å²) in [5.74, 6) is 0. The fourth-order valence-electron chi connectivity index (χ4n) is 4.19. The normalized spacial score (nSPS) is 23.3. The summed E-state index contributed by atoms with van der Waals surface area (Å²) in [5, 5.41) is 5.83. The number of carbonyl (C=O) groups is 1. The van der Waals surface area contributed by atoms with E-state index in [1.54, 1.807) is 7.05 Å². The van der Waals surface area contributed by atoms with Gasteiger partial charge in [0.1, 0.15) is 0 Å². The minimum absolute atomic E-state index is 0.0829. The van der Waals surface area contributed by atoms with Crippen LogP contribution in [0.5, 0.6) is 0 Å². The third-order valence-corrected chi connectivity index (χ3v) is 5.54. The molecule has 2 N–H and O–H groups in total. The molecule has 1 atom stereocenters. The van der Waals surface area contributed by atoms with Crippen LogP contribution in [0.3, 0.4) is 0 Å². The van der Waals surface area contributed by atoms with Gasteiger partial charge < -0.3 is 15.5 Å². The first-order chi connectivity index (χ1) is 10.6. The summed E-state index contributed by atoms with van der Waals surface area (Å²) < 4.78 is 0. The lowest BCUT2D eigenvalue weighted by molar-refractivity contribution is 0.159. The second kappa shape index (κ2) is 5.92. The van der Waals surface area contributed by atoms with Crippen molar-refractivity contribution in [2.45, 2.75) is 44.6 Å². The van der Waals surface area contributed by atoms with Crippen LogP contribution in [0.15, 0.2) is 18.2 Å². The highest BCUT2D eigenvalue weighted by Crippen LogP contribution is 2.50. The predicted octanol–water partition coefficient (Wildman–Crippen LogP) is 2.72. The zero-order valence-corrected chi connectivity index (χ0v) is 13.9. The summed E-state index contributed by atoms with van der Waals surface area (Å²) in [7, 11) is 1.68. The molecule has 1 aliphatic heterocycles. The molecule has 1 heterocycles. The second-order valence-corrected chi connectivity index (χ2v) is 6.79. The van der Waals surface area contributed by atoms with E-state index in [0.29, 0.717) is 0 Å². The molecule has 0 aromatic heterocycles. The van der Waals surface area contributed by atoms with Crippen molar-refractivity contribution in [3.05, 3.63) is 34.9 Å². The lowest BCUT2D eigenvalue weighted by atomic mass is 9.73. The van der Waals surface area contributed by atoms with Crippen LogP contribution in [-0.4, -0.2) is 37.6 Å². The van der Waals surface area contributed by atoms with E-state index in [4.69, 9.17) is 0 Å². The Morgan fingerprint density at radius 3 is 2.73 bits per heavy atom. The molecule has 1 unspecified atom stereocenters. The summed E-state index contributed by atoms with van der Waals surface area (Å²) in [6.45, 7) is 7.82. The summed E-state index contributed by atoms with van der Waals surface area (Å²) in [6.07, 6.45) is 3.43. The monoisotopic (exact) mass is 301 g/mol. The zero-order valence-electron chi connectivity index (χ0n) is 13.9. The SMILES string of the molecule is CCN1CCC2(CC1)CC(NC(=O)NC)c1cc(C)ccc12. The Balaban J connectivity index is 1.90. The number of piperidine rings is 1. The average Bonchev–Trinajstić information content (AvgIpc) is 2.81. The number of hydrogen-bond donors (Lipinski definition) is 2. The molecule has 1 aromatic rings. The maximum absolute atomic E-state index is 11.8. The topological polar surface area (TPSA) is 44.4 Å². The van der Waals surface area contributed by atoms with Crippen LogP contribution in [0, 0.1) is 6.92 Å². The molecule has 22 heavy (non-hydrogen) atoms. The average molecular weight is 301 g/mol. The number of carbonyl (C=O) groups excluding carboxylic acids is 1. The summed E-state index contributed by atoms with van der Waals surface area (Å²) >= 11 is 0. The molecule has 3 rings (SSSR count). The van der Waals surface area contributed by atoms with Gasteiger partial charge in [-0.2, -0.15) is 0 Å². The second-order valence-electron chi connectivity index (χ2n) is 6.79. The number of nitrogens with one attached hydrogen (secondary N) is 2. The highest BCUT2D eigenvalue weighted by molar-refractivity contribution is 5.74. The van der Waals surface area contributed by atoms with Crippen LogP contribution in [0.2, 0.25) is 0 Å². The van der Waals surface area contributed by atoms with E-state index < -0.39 is 0 Å². The standard InChI is InChI=1S/C18H27N3O/c1-4-21-9-7-18(8-10-21)12-16(20-17(22)19-3)14-11-13(2)5-6-15(14)18/h5-6,11,16H,4,7-10,12H2,1-3H3,(H2,19,20,22). The van der Waals surface area contributed by atoms with Crippen LogP contribution in [0.1, 0.15) is 48.9 Å². The number of benzene rings is 1. The number of rotatable bonds is 2. The van der Waals surface area contributed by atoms with Crippen LogP contribution in [-0.2, 0) is 5.41 Å². The van der Waals surface area contributed by atoms with Gasteiger partial charge in [-0.1, -0.05) is 30.7 Å². The first-order valence-corrected chi connectivity index (χ1v) is 8.39. The van der Waals surface area contributed by atoms with Crippen molar-refractivity contribution < 1.29 is 4.79 Å². The van der Waals surface area contributed by atoms with E-state index in [-0.39, 0.29) is 17.5 Å². The van der Waals surface area contributed by atoms with Gasteiger partial charge in [0.25, 0.3) is 0 Å². The molecule has 4 heteroatoms. The fraction of sp³-hybridized carbons (Fsp3) is 0.611. The molecule has 0 bridgehead atoms. The highest BCUT2D eigenvalue weighted by Gasteiger charge is 2.45. The van der Waals surface area contributed by atoms with Gasteiger partial charge in [0.15, 0.2) is 0 Å². The first kappa shape index (κ1) is 15.3. The fourth-order valence-corrected chi connectivity index (χ4v) is 4.19. The molecule has 1 aromatic carbocycles. The number of hydrogen-bond acceptors (Lipinski definition) is 2. The molecule has 1 aliphatic carbocycles. The largest absolute Gasteiger partial charge is 0.341 e. The minimum atomic E-state index is -0.0829. The Morgan fingerprint density at radius 1 is 1.36 bits per heavy atom. The van der Waals surface area contributed by atoms with Crippen molar-refractivity contribution in [1.29, 1.82) is 0 Å². The lowest BCUT2D eigenvalue weighted by Crippen LogP contribution is -2.42. The Labute approximate surface area is 133 Å². The molecule has 1 saturated heterocycles.